The number of ether oxygens (including phenoxy) is 1. The van der Waals surface area contributed by atoms with Crippen LogP contribution in [0.5, 0.6) is 5.75 Å². The van der Waals surface area contributed by atoms with E-state index in [1.807, 2.05) is 0 Å². The molecule has 0 saturated carbocycles. The van der Waals surface area contributed by atoms with Crippen LogP contribution in [0.3, 0.4) is 0 Å². The molecule has 0 spiro atoms. The number of benzene rings is 1. The molecule has 1 N–H and O–H groups in total. The van der Waals surface area contributed by atoms with E-state index in [1.165, 1.54) is 16.7 Å². The summed E-state index contributed by atoms with van der Waals surface area (Å²) < 4.78 is 5.89. The largest absolute Gasteiger partial charge is 0.492 e. The van der Waals surface area contributed by atoms with Crippen molar-refractivity contribution in [1.82, 2.24) is 5.32 Å². The van der Waals surface area contributed by atoms with Crippen molar-refractivity contribution in [2.75, 3.05) is 13.2 Å². The summed E-state index contributed by atoms with van der Waals surface area (Å²) >= 11 is 0. The maximum Gasteiger partial charge on any atom is 0.125 e. The highest BCUT2D eigenvalue weighted by Gasteiger charge is 2.07. The Kier molecular flexibility index (Phi) is 5.67. The van der Waals surface area contributed by atoms with Crippen molar-refractivity contribution in [3.8, 4) is 5.75 Å². The van der Waals surface area contributed by atoms with Gasteiger partial charge in [-0.05, 0) is 44.7 Å². The number of rotatable bonds is 6. The second-order valence-electron chi connectivity index (χ2n) is 5.56. The molecule has 0 aliphatic carbocycles. The van der Waals surface area contributed by atoms with Crippen molar-refractivity contribution >= 4 is 0 Å². The Labute approximate surface area is 112 Å². The number of aryl methyl sites for hydroxylation is 3. The molecule has 2 heteroatoms. The van der Waals surface area contributed by atoms with Gasteiger partial charge in [0.05, 0.1) is 0 Å². The molecule has 1 unspecified atom stereocenters. The average Bonchev–Trinajstić information content (AvgIpc) is 2.26. The summed E-state index contributed by atoms with van der Waals surface area (Å²) in [6, 6.07) is 4.88. The minimum atomic E-state index is 0.536. The normalized spacial score (nSPS) is 12.8. The highest BCUT2D eigenvalue weighted by molar-refractivity contribution is 5.42. The van der Waals surface area contributed by atoms with Crippen LogP contribution in [0.15, 0.2) is 12.1 Å². The second-order valence-corrected chi connectivity index (χ2v) is 5.56. The molecule has 18 heavy (non-hydrogen) atoms. The molecule has 102 valence electrons. The summed E-state index contributed by atoms with van der Waals surface area (Å²) in [7, 11) is 0. The molecule has 1 atom stereocenters. The van der Waals surface area contributed by atoms with Gasteiger partial charge in [-0.1, -0.05) is 31.5 Å². The molecule has 1 aromatic carbocycles. The van der Waals surface area contributed by atoms with Gasteiger partial charge in [0.1, 0.15) is 12.4 Å². The molecule has 0 bridgehead atoms. The molecular formula is C16H27NO. The first-order valence-corrected chi connectivity index (χ1v) is 6.86. The third kappa shape index (κ3) is 4.34. The Bertz CT molecular complexity index is 362. The first kappa shape index (κ1) is 15.0. The zero-order valence-corrected chi connectivity index (χ0v) is 12.6. The molecule has 0 saturated heterocycles. The van der Waals surface area contributed by atoms with Gasteiger partial charge >= 0.3 is 0 Å². The fourth-order valence-electron chi connectivity index (χ4n) is 2.07. The Hall–Kier alpha value is -1.02. The van der Waals surface area contributed by atoms with Gasteiger partial charge < -0.3 is 10.1 Å². The third-order valence-corrected chi connectivity index (χ3v) is 3.42. The lowest BCUT2D eigenvalue weighted by atomic mass is 10.1. The molecule has 0 radical (unpaired) electrons. The van der Waals surface area contributed by atoms with E-state index in [0.29, 0.717) is 12.0 Å². The highest BCUT2D eigenvalue weighted by Crippen LogP contribution is 2.24. The molecule has 0 amide bonds. The minimum absolute atomic E-state index is 0.536. The van der Waals surface area contributed by atoms with E-state index in [0.717, 1.165) is 18.9 Å². The molecule has 1 aromatic rings. The first-order valence-electron chi connectivity index (χ1n) is 6.86. The van der Waals surface area contributed by atoms with Crippen molar-refractivity contribution in [3.05, 3.63) is 28.8 Å². The summed E-state index contributed by atoms with van der Waals surface area (Å²) in [5, 5.41) is 3.48. The van der Waals surface area contributed by atoms with Crippen LogP contribution in [0.25, 0.3) is 0 Å². The fraction of sp³-hybridized carbons (Fsp3) is 0.625. The lowest BCUT2D eigenvalue weighted by Gasteiger charge is -2.18. The quantitative estimate of drug-likeness (QED) is 0.777. The van der Waals surface area contributed by atoms with Gasteiger partial charge in [-0.15, -0.1) is 0 Å². The predicted molar refractivity (Wildman–Crippen MR) is 78.5 cm³/mol. The summed E-state index contributed by atoms with van der Waals surface area (Å²) in [5.41, 5.74) is 3.75. The molecule has 1 rings (SSSR count). The highest BCUT2D eigenvalue weighted by atomic mass is 16.5. The van der Waals surface area contributed by atoms with Crippen LogP contribution < -0.4 is 10.1 Å². The first-order chi connectivity index (χ1) is 8.41. The zero-order chi connectivity index (χ0) is 13.7. The van der Waals surface area contributed by atoms with Crippen molar-refractivity contribution in [1.29, 1.82) is 0 Å². The van der Waals surface area contributed by atoms with Gasteiger partial charge in [0, 0.05) is 12.6 Å². The monoisotopic (exact) mass is 249 g/mol. The Morgan fingerprint density at radius 1 is 1.06 bits per heavy atom. The smallest absolute Gasteiger partial charge is 0.125 e. The summed E-state index contributed by atoms with van der Waals surface area (Å²) in [4.78, 5) is 0. The van der Waals surface area contributed by atoms with Crippen LogP contribution in [-0.2, 0) is 0 Å². The molecular weight excluding hydrogens is 222 g/mol. The third-order valence-electron chi connectivity index (χ3n) is 3.42. The van der Waals surface area contributed by atoms with Crippen LogP contribution in [-0.4, -0.2) is 19.2 Å². The van der Waals surface area contributed by atoms with E-state index >= 15 is 0 Å². The van der Waals surface area contributed by atoms with Crippen LogP contribution in [0.4, 0.5) is 0 Å². The molecule has 0 heterocycles. The van der Waals surface area contributed by atoms with Crippen molar-refractivity contribution in [2.45, 2.75) is 47.6 Å². The van der Waals surface area contributed by atoms with Crippen molar-refractivity contribution in [2.24, 2.45) is 5.92 Å². The molecule has 0 aliphatic heterocycles. The number of hydrogen-bond acceptors (Lipinski definition) is 2. The minimum Gasteiger partial charge on any atom is -0.492 e. The SMILES string of the molecule is Cc1cc(C)c(OCCNC(C)C(C)C)c(C)c1. The van der Waals surface area contributed by atoms with Crippen LogP contribution >= 0.6 is 0 Å². The molecule has 2 nitrogen and oxygen atoms in total. The Morgan fingerprint density at radius 2 is 1.61 bits per heavy atom. The second kappa shape index (κ2) is 6.79. The number of nitrogens with one attached hydrogen (secondary N) is 1. The average molecular weight is 249 g/mol. The predicted octanol–water partition coefficient (Wildman–Crippen LogP) is 3.62. The van der Waals surface area contributed by atoms with Crippen molar-refractivity contribution in [3.63, 3.8) is 0 Å². The standard InChI is InChI=1S/C16H27NO/c1-11(2)15(6)17-7-8-18-16-13(4)9-12(3)10-14(16)5/h9-11,15,17H,7-8H2,1-6H3. The van der Waals surface area contributed by atoms with E-state index < -0.39 is 0 Å². The van der Waals surface area contributed by atoms with E-state index in [9.17, 15) is 0 Å². The Balaban J connectivity index is 2.45. The van der Waals surface area contributed by atoms with Crippen LogP contribution in [0.1, 0.15) is 37.5 Å². The summed E-state index contributed by atoms with van der Waals surface area (Å²) in [6.07, 6.45) is 0. The van der Waals surface area contributed by atoms with E-state index in [4.69, 9.17) is 4.74 Å². The topological polar surface area (TPSA) is 21.3 Å². The maximum absolute atomic E-state index is 5.89. The Morgan fingerprint density at radius 3 is 2.11 bits per heavy atom. The van der Waals surface area contributed by atoms with Gasteiger partial charge in [-0.2, -0.15) is 0 Å². The summed E-state index contributed by atoms with van der Waals surface area (Å²) in [6.45, 7) is 14.6. The molecule has 0 aromatic heterocycles. The van der Waals surface area contributed by atoms with Crippen LogP contribution in [0.2, 0.25) is 0 Å². The van der Waals surface area contributed by atoms with Gasteiger partial charge in [0.25, 0.3) is 0 Å². The van der Waals surface area contributed by atoms with Crippen LogP contribution in [0, 0.1) is 26.7 Å². The van der Waals surface area contributed by atoms with Gasteiger partial charge in [-0.3, -0.25) is 0 Å². The van der Waals surface area contributed by atoms with Crippen molar-refractivity contribution < 1.29 is 4.74 Å². The van der Waals surface area contributed by atoms with E-state index in [-0.39, 0.29) is 0 Å². The zero-order valence-electron chi connectivity index (χ0n) is 12.6. The maximum atomic E-state index is 5.89. The fourth-order valence-corrected chi connectivity index (χ4v) is 2.07. The lowest BCUT2D eigenvalue weighted by Crippen LogP contribution is -2.34. The molecule has 0 aliphatic rings. The lowest BCUT2D eigenvalue weighted by molar-refractivity contribution is 0.293. The molecule has 0 fully saturated rings. The van der Waals surface area contributed by atoms with Gasteiger partial charge in [0.15, 0.2) is 0 Å². The number of hydrogen-bond donors (Lipinski definition) is 1. The van der Waals surface area contributed by atoms with E-state index in [2.05, 4.69) is 59.0 Å². The van der Waals surface area contributed by atoms with Gasteiger partial charge in [-0.25, -0.2) is 0 Å². The summed E-state index contributed by atoms with van der Waals surface area (Å²) in [5.74, 6) is 1.70. The van der Waals surface area contributed by atoms with Gasteiger partial charge in [0.2, 0.25) is 0 Å². The van der Waals surface area contributed by atoms with E-state index in [1.54, 1.807) is 0 Å².